The van der Waals surface area contributed by atoms with Crippen LogP contribution in [0.5, 0.6) is 0 Å². The zero-order chi connectivity index (χ0) is 11.9. The molecule has 0 aromatic heterocycles. The second-order valence-electron chi connectivity index (χ2n) is 4.27. The van der Waals surface area contributed by atoms with Crippen LogP contribution in [0.15, 0.2) is 24.3 Å². The lowest BCUT2D eigenvalue weighted by atomic mass is 10.2. The van der Waals surface area contributed by atoms with Crippen molar-refractivity contribution in [3.8, 4) is 11.8 Å². The fourth-order valence-electron chi connectivity index (χ4n) is 1.75. The molecule has 2 heteroatoms. The molecule has 1 aromatic rings. The van der Waals surface area contributed by atoms with Gasteiger partial charge in [0.15, 0.2) is 6.29 Å². The van der Waals surface area contributed by atoms with Gasteiger partial charge in [-0.1, -0.05) is 29.5 Å². The van der Waals surface area contributed by atoms with Gasteiger partial charge < -0.3 is 9.47 Å². The second kappa shape index (κ2) is 6.44. The van der Waals surface area contributed by atoms with Gasteiger partial charge in [-0.05, 0) is 38.3 Å². The Morgan fingerprint density at radius 2 is 2.12 bits per heavy atom. The van der Waals surface area contributed by atoms with E-state index in [2.05, 4.69) is 30.9 Å². The standard InChI is InChI=1S/C15H18O2/c1-13-7-9-14(10-8-13)5-4-12-17-15-6-2-3-11-16-15/h7-10,15H,2-3,6,11-12H2,1H3. The van der Waals surface area contributed by atoms with Crippen LogP contribution < -0.4 is 0 Å². The molecule has 0 radical (unpaired) electrons. The maximum atomic E-state index is 5.53. The van der Waals surface area contributed by atoms with Crippen molar-refractivity contribution in [1.82, 2.24) is 0 Å². The molecular formula is C15H18O2. The quantitative estimate of drug-likeness (QED) is 0.727. The molecule has 1 atom stereocenters. The summed E-state index contributed by atoms with van der Waals surface area (Å²) in [5.41, 5.74) is 2.28. The van der Waals surface area contributed by atoms with Gasteiger partial charge in [0.1, 0.15) is 6.61 Å². The van der Waals surface area contributed by atoms with Crippen LogP contribution in [0.1, 0.15) is 30.4 Å². The SMILES string of the molecule is Cc1ccc(C#CCOC2CCCCO2)cc1. The number of rotatable bonds is 2. The Bertz CT molecular complexity index is 391. The van der Waals surface area contributed by atoms with Crippen LogP contribution in [-0.2, 0) is 9.47 Å². The van der Waals surface area contributed by atoms with Crippen molar-refractivity contribution >= 4 is 0 Å². The van der Waals surface area contributed by atoms with Crippen molar-refractivity contribution in [2.75, 3.05) is 13.2 Å². The minimum Gasteiger partial charge on any atom is -0.353 e. The first-order chi connectivity index (χ1) is 8.34. The van der Waals surface area contributed by atoms with E-state index in [4.69, 9.17) is 9.47 Å². The van der Waals surface area contributed by atoms with E-state index in [1.165, 1.54) is 12.0 Å². The molecule has 0 spiro atoms. The van der Waals surface area contributed by atoms with E-state index in [-0.39, 0.29) is 6.29 Å². The Morgan fingerprint density at radius 3 is 2.82 bits per heavy atom. The number of hydrogen-bond donors (Lipinski definition) is 0. The van der Waals surface area contributed by atoms with E-state index in [0.717, 1.165) is 25.0 Å². The van der Waals surface area contributed by atoms with Crippen LogP contribution in [0.4, 0.5) is 0 Å². The van der Waals surface area contributed by atoms with E-state index < -0.39 is 0 Å². The third-order valence-corrected chi connectivity index (χ3v) is 2.76. The predicted molar refractivity (Wildman–Crippen MR) is 67.6 cm³/mol. The summed E-state index contributed by atoms with van der Waals surface area (Å²) in [7, 11) is 0. The highest BCUT2D eigenvalue weighted by Crippen LogP contribution is 2.13. The van der Waals surface area contributed by atoms with E-state index in [1.807, 2.05) is 12.1 Å². The van der Waals surface area contributed by atoms with Gasteiger partial charge in [-0.3, -0.25) is 0 Å². The summed E-state index contributed by atoms with van der Waals surface area (Å²) in [6.45, 7) is 3.33. The lowest BCUT2D eigenvalue weighted by Gasteiger charge is -2.21. The molecule has 90 valence electrons. The van der Waals surface area contributed by atoms with Gasteiger partial charge in [0.05, 0.1) is 0 Å². The molecule has 2 nitrogen and oxygen atoms in total. The molecule has 1 fully saturated rings. The van der Waals surface area contributed by atoms with Crippen LogP contribution in [0.3, 0.4) is 0 Å². The van der Waals surface area contributed by atoms with Gasteiger partial charge in [0, 0.05) is 12.2 Å². The summed E-state index contributed by atoms with van der Waals surface area (Å²) >= 11 is 0. The van der Waals surface area contributed by atoms with Crippen LogP contribution in [-0.4, -0.2) is 19.5 Å². The van der Waals surface area contributed by atoms with Gasteiger partial charge in [-0.2, -0.15) is 0 Å². The Morgan fingerprint density at radius 1 is 1.29 bits per heavy atom. The fraction of sp³-hybridized carbons (Fsp3) is 0.467. The third-order valence-electron chi connectivity index (χ3n) is 2.76. The van der Waals surface area contributed by atoms with Crippen molar-refractivity contribution in [1.29, 1.82) is 0 Å². The average Bonchev–Trinajstić information content (AvgIpc) is 2.38. The average molecular weight is 230 g/mol. The van der Waals surface area contributed by atoms with Crippen LogP contribution in [0.2, 0.25) is 0 Å². The molecule has 1 unspecified atom stereocenters. The van der Waals surface area contributed by atoms with Crippen molar-refractivity contribution in [3.05, 3.63) is 35.4 Å². The molecule has 0 aliphatic carbocycles. The Kier molecular flexibility index (Phi) is 4.61. The lowest BCUT2D eigenvalue weighted by molar-refractivity contribution is -0.154. The van der Waals surface area contributed by atoms with E-state index in [1.54, 1.807) is 0 Å². The van der Waals surface area contributed by atoms with E-state index in [0.29, 0.717) is 6.61 Å². The maximum absolute atomic E-state index is 5.53. The molecule has 0 bridgehead atoms. The first kappa shape index (κ1) is 12.2. The molecule has 1 aliphatic rings. The largest absolute Gasteiger partial charge is 0.353 e. The number of aryl methyl sites for hydroxylation is 1. The normalized spacial score (nSPS) is 19.5. The monoisotopic (exact) mass is 230 g/mol. The van der Waals surface area contributed by atoms with Gasteiger partial charge in [0.25, 0.3) is 0 Å². The molecule has 0 amide bonds. The Balaban J connectivity index is 1.76. The first-order valence-corrected chi connectivity index (χ1v) is 6.13. The highest BCUT2D eigenvalue weighted by atomic mass is 16.7. The van der Waals surface area contributed by atoms with Gasteiger partial charge in [-0.25, -0.2) is 0 Å². The molecule has 17 heavy (non-hydrogen) atoms. The third kappa shape index (κ3) is 4.22. The molecule has 0 saturated carbocycles. The minimum absolute atomic E-state index is 0.0453. The molecule has 0 N–H and O–H groups in total. The lowest BCUT2D eigenvalue weighted by Crippen LogP contribution is -2.22. The summed E-state index contributed by atoms with van der Waals surface area (Å²) in [6.07, 6.45) is 3.29. The summed E-state index contributed by atoms with van der Waals surface area (Å²) in [6, 6.07) is 8.18. The van der Waals surface area contributed by atoms with Gasteiger partial charge >= 0.3 is 0 Å². The van der Waals surface area contributed by atoms with E-state index >= 15 is 0 Å². The van der Waals surface area contributed by atoms with Crippen molar-refractivity contribution < 1.29 is 9.47 Å². The highest BCUT2D eigenvalue weighted by Gasteiger charge is 2.12. The summed E-state index contributed by atoms with van der Waals surface area (Å²) < 4.78 is 11.0. The molecule has 1 saturated heterocycles. The smallest absolute Gasteiger partial charge is 0.158 e. The summed E-state index contributed by atoms with van der Waals surface area (Å²) in [5, 5.41) is 0. The Hall–Kier alpha value is -1.30. The zero-order valence-electron chi connectivity index (χ0n) is 10.2. The van der Waals surface area contributed by atoms with Crippen molar-refractivity contribution in [2.45, 2.75) is 32.5 Å². The van der Waals surface area contributed by atoms with Crippen LogP contribution >= 0.6 is 0 Å². The minimum atomic E-state index is -0.0453. The topological polar surface area (TPSA) is 18.5 Å². The summed E-state index contributed by atoms with van der Waals surface area (Å²) in [5.74, 6) is 6.10. The molecule has 1 aliphatic heterocycles. The van der Waals surface area contributed by atoms with Crippen molar-refractivity contribution in [2.24, 2.45) is 0 Å². The zero-order valence-corrected chi connectivity index (χ0v) is 10.2. The molecule has 1 heterocycles. The molecule has 2 rings (SSSR count). The number of benzene rings is 1. The second-order valence-corrected chi connectivity index (χ2v) is 4.27. The van der Waals surface area contributed by atoms with Crippen LogP contribution in [0, 0.1) is 18.8 Å². The van der Waals surface area contributed by atoms with E-state index in [9.17, 15) is 0 Å². The maximum Gasteiger partial charge on any atom is 0.158 e. The Labute approximate surface area is 103 Å². The van der Waals surface area contributed by atoms with Gasteiger partial charge in [-0.15, -0.1) is 0 Å². The predicted octanol–water partition coefficient (Wildman–Crippen LogP) is 2.89. The molecular weight excluding hydrogens is 212 g/mol. The number of ether oxygens (including phenoxy) is 2. The highest BCUT2D eigenvalue weighted by molar-refractivity contribution is 5.35. The van der Waals surface area contributed by atoms with Gasteiger partial charge in [0.2, 0.25) is 0 Å². The van der Waals surface area contributed by atoms with Crippen LogP contribution in [0.25, 0.3) is 0 Å². The molecule has 1 aromatic carbocycles. The number of hydrogen-bond acceptors (Lipinski definition) is 2. The first-order valence-electron chi connectivity index (χ1n) is 6.13. The van der Waals surface area contributed by atoms with Crippen molar-refractivity contribution in [3.63, 3.8) is 0 Å². The summed E-state index contributed by atoms with van der Waals surface area (Å²) in [4.78, 5) is 0. The fourth-order valence-corrected chi connectivity index (χ4v) is 1.75.